The number of nitrogens with zero attached hydrogens (tertiary/aromatic N) is 1. The molecular formula is C18H26N2O. The number of hydrogen-bond donors (Lipinski definition) is 1. The van der Waals surface area contributed by atoms with Crippen LogP contribution in [0.2, 0.25) is 0 Å². The van der Waals surface area contributed by atoms with Crippen molar-refractivity contribution in [1.82, 2.24) is 4.90 Å². The van der Waals surface area contributed by atoms with E-state index in [-0.39, 0.29) is 0 Å². The zero-order chi connectivity index (χ0) is 14.1. The average molecular weight is 286 g/mol. The van der Waals surface area contributed by atoms with Gasteiger partial charge < -0.3 is 10.1 Å². The summed E-state index contributed by atoms with van der Waals surface area (Å²) < 4.78 is 6.03. The lowest BCUT2D eigenvalue weighted by Gasteiger charge is -2.22. The van der Waals surface area contributed by atoms with Crippen molar-refractivity contribution in [1.29, 1.82) is 0 Å². The Bertz CT molecular complexity index is 467. The maximum absolute atomic E-state index is 6.03. The Morgan fingerprint density at radius 1 is 0.905 bits per heavy atom. The largest absolute Gasteiger partial charge is 0.490 e. The Morgan fingerprint density at radius 3 is 2.52 bits per heavy atom. The number of benzene rings is 1. The normalized spacial score (nSPS) is 29.7. The van der Waals surface area contributed by atoms with E-state index in [9.17, 15) is 0 Å². The molecule has 0 bridgehead atoms. The van der Waals surface area contributed by atoms with Crippen molar-refractivity contribution in [3.8, 4) is 5.75 Å². The molecule has 3 aliphatic rings. The number of anilines is 1. The van der Waals surface area contributed by atoms with Crippen LogP contribution in [-0.4, -0.2) is 36.2 Å². The van der Waals surface area contributed by atoms with E-state index < -0.39 is 0 Å². The van der Waals surface area contributed by atoms with Crippen LogP contribution in [0, 0.1) is 0 Å². The highest BCUT2D eigenvalue weighted by molar-refractivity contribution is 5.47. The predicted molar refractivity (Wildman–Crippen MR) is 85.9 cm³/mol. The lowest BCUT2D eigenvalue weighted by atomic mass is 10.1. The molecule has 0 amide bonds. The van der Waals surface area contributed by atoms with Crippen molar-refractivity contribution >= 4 is 5.69 Å². The highest BCUT2D eigenvalue weighted by Crippen LogP contribution is 2.31. The van der Waals surface area contributed by atoms with E-state index in [1.54, 1.807) is 0 Å². The first-order valence-corrected chi connectivity index (χ1v) is 8.66. The third-order valence-corrected chi connectivity index (χ3v) is 5.42. The lowest BCUT2D eigenvalue weighted by Crippen LogP contribution is -2.33. The molecule has 114 valence electrons. The SMILES string of the molecule is c1cc(OC2CCCC2)ccc1NC1CCN2CCCC12. The van der Waals surface area contributed by atoms with Crippen molar-refractivity contribution < 1.29 is 4.74 Å². The third kappa shape index (κ3) is 2.89. The molecule has 2 aliphatic heterocycles. The van der Waals surface area contributed by atoms with Crippen molar-refractivity contribution in [2.75, 3.05) is 18.4 Å². The summed E-state index contributed by atoms with van der Waals surface area (Å²) in [6.45, 7) is 2.57. The van der Waals surface area contributed by atoms with E-state index in [0.717, 1.165) is 11.8 Å². The van der Waals surface area contributed by atoms with E-state index in [4.69, 9.17) is 4.74 Å². The Kier molecular flexibility index (Phi) is 3.76. The molecule has 1 aromatic carbocycles. The number of hydrogen-bond acceptors (Lipinski definition) is 3. The summed E-state index contributed by atoms with van der Waals surface area (Å²) in [5.74, 6) is 1.03. The van der Waals surface area contributed by atoms with Gasteiger partial charge in [-0.1, -0.05) is 0 Å². The Labute approximate surface area is 127 Å². The quantitative estimate of drug-likeness (QED) is 0.914. The third-order valence-electron chi connectivity index (χ3n) is 5.42. The van der Waals surface area contributed by atoms with Crippen LogP contribution in [0.4, 0.5) is 5.69 Å². The summed E-state index contributed by atoms with van der Waals surface area (Å²) in [6.07, 6.45) is 9.56. The van der Waals surface area contributed by atoms with E-state index in [1.807, 2.05) is 0 Å². The monoisotopic (exact) mass is 286 g/mol. The second-order valence-corrected chi connectivity index (χ2v) is 6.83. The smallest absolute Gasteiger partial charge is 0.119 e. The molecular weight excluding hydrogens is 260 g/mol. The summed E-state index contributed by atoms with van der Waals surface area (Å²) in [4.78, 5) is 2.65. The molecule has 2 heterocycles. The summed E-state index contributed by atoms with van der Waals surface area (Å²) in [5, 5.41) is 3.74. The zero-order valence-corrected chi connectivity index (χ0v) is 12.8. The van der Waals surface area contributed by atoms with Crippen molar-refractivity contribution in [3.63, 3.8) is 0 Å². The Hall–Kier alpha value is -1.22. The van der Waals surface area contributed by atoms with Gasteiger partial charge in [0.05, 0.1) is 6.10 Å². The molecule has 2 atom stereocenters. The summed E-state index contributed by atoms with van der Waals surface area (Å²) in [5.41, 5.74) is 1.24. The number of rotatable bonds is 4. The molecule has 3 heteroatoms. The molecule has 1 saturated carbocycles. The van der Waals surface area contributed by atoms with Crippen LogP contribution >= 0.6 is 0 Å². The minimum atomic E-state index is 0.450. The van der Waals surface area contributed by atoms with Gasteiger partial charge in [0.25, 0.3) is 0 Å². The Morgan fingerprint density at radius 2 is 1.71 bits per heavy atom. The van der Waals surface area contributed by atoms with Crippen molar-refractivity contribution in [2.24, 2.45) is 0 Å². The fourth-order valence-corrected chi connectivity index (χ4v) is 4.29. The number of fused-ring (bicyclic) bond motifs is 1. The average Bonchev–Trinajstić information content (AvgIpc) is 3.21. The van der Waals surface area contributed by atoms with Gasteiger partial charge >= 0.3 is 0 Å². The first kappa shape index (κ1) is 13.4. The molecule has 1 N–H and O–H groups in total. The summed E-state index contributed by atoms with van der Waals surface area (Å²) in [7, 11) is 0. The summed E-state index contributed by atoms with van der Waals surface area (Å²) >= 11 is 0. The topological polar surface area (TPSA) is 24.5 Å². The maximum atomic E-state index is 6.03. The molecule has 2 saturated heterocycles. The van der Waals surface area contributed by atoms with E-state index in [0.29, 0.717) is 12.1 Å². The van der Waals surface area contributed by atoms with Crippen LogP contribution in [-0.2, 0) is 0 Å². The van der Waals surface area contributed by atoms with Gasteiger partial charge in [0.1, 0.15) is 5.75 Å². The van der Waals surface area contributed by atoms with Crippen molar-refractivity contribution in [2.45, 2.75) is 63.1 Å². The molecule has 2 unspecified atom stereocenters. The van der Waals surface area contributed by atoms with Crippen LogP contribution < -0.4 is 10.1 Å². The molecule has 4 rings (SSSR count). The molecule has 3 nitrogen and oxygen atoms in total. The van der Waals surface area contributed by atoms with Crippen LogP contribution in [0.5, 0.6) is 5.75 Å². The van der Waals surface area contributed by atoms with Crippen LogP contribution in [0.3, 0.4) is 0 Å². The zero-order valence-electron chi connectivity index (χ0n) is 12.8. The highest BCUT2D eigenvalue weighted by Gasteiger charge is 2.36. The van der Waals surface area contributed by atoms with Gasteiger partial charge in [0, 0.05) is 24.3 Å². The summed E-state index contributed by atoms with van der Waals surface area (Å²) in [6, 6.07) is 10.0. The second-order valence-electron chi connectivity index (χ2n) is 6.83. The first-order chi connectivity index (χ1) is 10.4. The molecule has 3 fully saturated rings. The van der Waals surface area contributed by atoms with Gasteiger partial charge in [-0.15, -0.1) is 0 Å². The van der Waals surface area contributed by atoms with Crippen molar-refractivity contribution in [3.05, 3.63) is 24.3 Å². The fourth-order valence-electron chi connectivity index (χ4n) is 4.29. The highest BCUT2D eigenvalue weighted by atomic mass is 16.5. The predicted octanol–water partition coefficient (Wildman–Crippen LogP) is 3.66. The molecule has 1 aromatic rings. The van der Waals surface area contributed by atoms with Gasteiger partial charge in [0.15, 0.2) is 0 Å². The van der Waals surface area contributed by atoms with Crippen LogP contribution in [0.15, 0.2) is 24.3 Å². The van der Waals surface area contributed by atoms with Gasteiger partial charge in [-0.25, -0.2) is 0 Å². The molecule has 0 aromatic heterocycles. The second kappa shape index (κ2) is 5.88. The van der Waals surface area contributed by atoms with Crippen LogP contribution in [0.1, 0.15) is 44.9 Å². The fraction of sp³-hybridized carbons (Fsp3) is 0.667. The Balaban J connectivity index is 1.35. The van der Waals surface area contributed by atoms with E-state index >= 15 is 0 Å². The minimum Gasteiger partial charge on any atom is -0.490 e. The molecule has 0 radical (unpaired) electrons. The van der Waals surface area contributed by atoms with E-state index in [1.165, 1.54) is 63.7 Å². The van der Waals surface area contributed by atoms with E-state index in [2.05, 4.69) is 34.5 Å². The van der Waals surface area contributed by atoms with Gasteiger partial charge in [0.2, 0.25) is 0 Å². The number of ether oxygens (including phenoxy) is 1. The molecule has 0 spiro atoms. The number of nitrogens with one attached hydrogen (secondary N) is 1. The minimum absolute atomic E-state index is 0.450. The standard InChI is InChI=1S/C18H26N2O/c1-2-5-15(4-1)21-16-9-7-14(8-10-16)19-17-11-13-20-12-3-6-18(17)20/h7-10,15,17-19H,1-6,11-13H2. The maximum Gasteiger partial charge on any atom is 0.119 e. The lowest BCUT2D eigenvalue weighted by molar-refractivity contribution is 0.210. The molecule has 1 aliphatic carbocycles. The van der Waals surface area contributed by atoms with Crippen LogP contribution in [0.25, 0.3) is 0 Å². The van der Waals surface area contributed by atoms with Gasteiger partial charge in [-0.2, -0.15) is 0 Å². The van der Waals surface area contributed by atoms with Gasteiger partial charge in [-0.3, -0.25) is 4.90 Å². The molecule has 21 heavy (non-hydrogen) atoms. The first-order valence-electron chi connectivity index (χ1n) is 8.66. The van der Waals surface area contributed by atoms with Gasteiger partial charge in [-0.05, 0) is 75.8 Å².